The first-order valence-electron chi connectivity index (χ1n) is 5.25. The summed E-state index contributed by atoms with van der Waals surface area (Å²) in [7, 11) is 0. The number of nitrogen functional groups attached to an aromatic ring is 1. The first-order chi connectivity index (χ1) is 8.06. The average molecular weight is 230 g/mol. The quantitative estimate of drug-likeness (QED) is 0.688. The van der Waals surface area contributed by atoms with Crippen LogP contribution in [0.15, 0.2) is 24.4 Å². The number of carbonyl (C=O) groups is 1. The number of aryl methyl sites for hydroxylation is 2. The van der Waals surface area contributed by atoms with Gasteiger partial charge in [-0.1, -0.05) is 0 Å². The van der Waals surface area contributed by atoms with Gasteiger partial charge in [-0.25, -0.2) is 0 Å². The molecular weight excluding hydrogens is 216 g/mol. The lowest BCUT2D eigenvalue weighted by Gasteiger charge is -2.06. The largest absolute Gasteiger partial charge is 0.399 e. The van der Waals surface area contributed by atoms with Crippen molar-refractivity contribution in [1.82, 2.24) is 10.2 Å². The predicted molar refractivity (Wildman–Crippen MR) is 66.9 cm³/mol. The highest BCUT2D eigenvalue weighted by molar-refractivity contribution is 6.04. The molecule has 0 unspecified atom stereocenters. The molecule has 0 spiro atoms. The summed E-state index contributed by atoms with van der Waals surface area (Å²) in [5.74, 6) is 0.405. The first kappa shape index (κ1) is 11.2. The number of nitrogens with two attached hydrogens (primary N) is 1. The molecule has 0 bridgehead atoms. The van der Waals surface area contributed by atoms with Crippen LogP contribution in [0.25, 0.3) is 0 Å². The summed E-state index contributed by atoms with van der Waals surface area (Å²) in [5, 5.41) is 9.31. The summed E-state index contributed by atoms with van der Waals surface area (Å²) in [4.78, 5) is 12.0. The van der Waals surface area contributed by atoms with Crippen LogP contribution in [-0.2, 0) is 0 Å². The van der Waals surface area contributed by atoms with Crippen molar-refractivity contribution in [3.63, 3.8) is 0 Å². The second kappa shape index (κ2) is 4.29. The van der Waals surface area contributed by atoms with Crippen molar-refractivity contribution >= 4 is 17.4 Å². The maximum atomic E-state index is 12.0. The molecule has 0 fully saturated rings. The zero-order chi connectivity index (χ0) is 12.4. The third kappa shape index (κ3) is 2.44. The molecule has 88 valence electrons. The van der Waals surface area contributed by atoms with E-state index in [9.17, 15) is 4.79 Å². The molecule has 4 N–H and O–H groups in total. The standard InChI is InChI=1S/C12H14N4O/c1-7-3-9(5-10(13)4-7)12(17)15-11-8(2)6-14-16-11/h3-6H,13H2,1-2H3,(H2,14,15,16,17). The van der Waals surface area contributed by atoms with Gasteiger partial charge in [-0.05, 0) is 37.6 Å². The Balaban J connectivity index is 2.23. The van der Waals surface area contributed by atoms with Crippen LogP contribution in [0.2, 0.25) is 0 Å². The number of H-pyrrole nitrogens is 1. The van der Waals surface area contributed by atoms with Gasteiger partial charge in [0.15, 0.2) is 0 Å². The summed E-state index contributed by atoms with van der Waals surface area (Å²) >= 11 is 0. The zero-order valence-corrected chi connectivity index (χ0v) is 9.74. The Morgan fingerprint density at radius 2 is 2.12 bits per heavy atom. The molecular formula is C12H14N4O. The number of rotatable bonds is 2. The normalized spacial score (nSPS) is 10.2. The number of anilines is 2. The minimum atomic E-state index is -0.201. The Hall–Kier alpha value is -2.30. The Labute approximate surface area is 99.0 Å². The summed E-state index contributed by atoms with van der Waals surface area (Å²) in [6, 6.07) is 5.25. The van der Waals surface area contributed by atoms with Gasteiger partial charge < -0.3 is 11.1 Å². The fourth-order valence-corrected chi connectivity index (χ4v) is 1.60. The van der Waals surface area contributed by atoms with E-state index in [1.165, 1.54) is 0 Å². The van der Waals surface area contributed by atoms with E-state index in [1.54, 1.807) is 18.3 Å². The lowest BCUT2D eigenvalue weighted by Crippen LogP contribution is -2.13. The van der Waals surface area contributed by atoms with Gasteiger partial charge in [-0.3, -0.25) is 9.89 Å². The number of benzene rings is 1. The molecule has 0 radical (unpaired) electrons. The monoisotopic (exact) mass is 230 g/mol. The SMILES string of the molecule is Cc1cc(N)cc(C(=O)Nc2[nH]ncc2C)c1. The van der Waals surface area contributed by atoms with Crippen molar-refractivity contribution in [3.05, 3.63) is 41.1 Å². The van der Waals surface area contributed by atoms with E-state index >= 15 is 0 Å². The van der Waals surface area contributed by atoms with Crippen LogP contribution in [-0.4, -0.2) is 16.1 Å². The molecule has 0 aliphatic rings. The van der Waals surface area contributed by atoms with Crippen molar-refractivity contribution < 1.29 is 4.79 Å². The van der Waals surface area contributed by atoms with Crippen molar-refractivity contribution in [2.75, 3.05) is 11.1 Å². The lowest BCUT2D eigenvalue weighted by molar-refractivity contribution is 0.102. The molecule has 1 aromatic carbocycles. The van der Waals surface area contributed by atoms with E-state index in [0.29, 0.717) is 17.1 Å². The van der Waals surface area contributed by atoms with Crippen molar-refractivity contribution in [3.8, 4) is 0 Å². The van der Waals surface area contributed by atoms with E-state index in [-0.39, 0.29) is 5.91 Å². The highest BCUT2D eigenvalue weighted by Gasteiger charge is 2.09. The fraction of sp³-hybridized carbons (Fsp3) is 0.167. The summed E-state index contributed by atoms with van der Waals surface area (Å²) in [6.07, 6.45) is 1.65. The number of hydrogen-bond donors (Lipinski definition) is 3. The van der Waals surface area contributed by atoms with Crippen LogP contribution in [0, 0.1) is 13.8 Å². The van der Waals surface area contributed by atoms with Gasteiger partial charge in [0.1, 0.15) is 5.82 Å². The zero-order valence-electron chi connectivity index (χ0n) is 9.74. The number of amides is 1. The average Bonchev–Trinajstić information content (AvgIpc) is 2.63. The third-order valence-corrected chi connectivity index (χ3v) is 2.43. The van der Waals surface area contributed by atoms with E-state index < -0.39 is 0 Å². The van der Waals surface area contributed by atoms with E-state index in [4.69, 9.17) is 5.73 Å². The number of hydrogen-bond acceptors (Lipinski definition) is 3. The number of aromatic nitrogens is 2. The summed E-state index contributed by atoms with van der Waals surface area (Å²) < 4.78 is 0. The van der Waals surface area contributed by atoms with E-state index in [2.05, 4.69) is 15.5 Å². The minimum absolute atomic E-state index is 0.201. The van der Waals surface area contributed by atoms with Crippen LogP contribution in [0.4, 0.5) is 11.5 Å². The van der Waals surface area contributed by atoms with Crippen LogP contribution in [0.3, 0.4) is 0 Å². The van der Waals surface area contributed by atoms with Gasteiger partial charge >= 0.3 is 0 Å². The van der Waals surface area contributed by atoms with Crippen LogP contribution in [0.5, 0.6) is 0 Å². The summed E-state index contributed by atoms with van der Waals surface area (Å²) in [6.45, 7) is 3.76. The molecule has 0 saturated carbocycles. The molecule has 0 saturated heterocycles. The fourth-order valence-electron chi connectivity index (χ4n) is 1.60. The maximum absolute atomic E-state index is 12.0. The smallest absolute Gasteiger partial charge is 0.256 e. The first-order valence-corrected chi connectivity index (χ1v) is 5.25. The van der Waals surface area contributed by atoms with Crippen molar-refractivity contribution in [2.24, 2.45) is 0 Å². The maximum Gasteiger partial charge on any atom is 0.256 e. The molecule has 1 heterocycles. The van der Waals surface area contributed by atoms with Gasteiger partial charge in [0, 0.05) is 16.8 Å². The van der Waals surface area contributed by atoms with Crippen molar-refractivity contribution in [2.45, 2.75) is 13.8 Å². The second-order valence-electron chi connectivity index (χ2n) is 4.01. The van der Waals surface area contributed by atoms with Gasteiger partial charge in [0.05, 0.1) is 6.20 Å². The number of nitrogens with zero attached hydrogens (tertiary/aromatic N) is 1. The number of carbonyl (C=O) groups excluding carboxylic acids is 1. The van der Waals surface area contributed by atoms with Gasteiger partial charge in [-0.15, -0.1) is 0 Å². The van der Waals surface area contributed by atoms with Crippen LogP contribution in [0.1, 0.15) is 21.5 Å². The third-order valence-electron chi connectivity index (χ3n) is 2.43. The molecule has 0 aliphatic carbocycles. The molecule has 5 nitrogen and oxygen atoms in total. The molecule has 0 aliphatic heterocycles. The highest BCUT2D eigenvalue weighted by atomic mass is 16.1. The van der Waals surface area contributed by atoms with E-state index in [1.807, 2.05) is 19.9 Å². The second-order valence-corrected chi connectivity index (χ2v) is 4.01. The van der Waals surface area contributed by atoms with Crippen LogP contribution >= 0.6 is 0 Å². The number of aromatic amines is 1. The van der Waals surface area contributed by atoms with Gasteiger partial charge in [-0.2, -0.15) is 5.10 Å². The Kier molecular flexibility index (Phi) is 2.82. The molecule has 17 heavy (non-hydrogen) atoms. The highest BCUT2D eigenvalue weighted by Crippen LogP contribution is 2.14. The van der Waals surface area contributed by atoms with Crippen LogP contribution < -0.4 is 11.1 Å². The predicted octanol–water partition coefficient (Wildman–Crippen LogP) is 1.86. The topological polar surface area (TPSA) is 83.8 Å². The molecule has 2 rings (SSSR count). The molecule has 1 amide bonds. The molecule has 0 atom stereocenters. The summed E-state index contributed by atoms with van der Waals surface area (Å²) in [5.41, 5.74) is 8.66. The van der Waals surface area contributed by atoms with Gasteiger partial charge in [0.25, 0.3) is 5.91 Å². The minimum Gasteiger partial charge on any atom is -0.399 e. The molecule has 5 heteroatoms. The van der Waals surface area contributed by atoms with Crippen molar-refractivity contribution in [1.29, 1.82) is 0 Å². The Morgan fingerprint density at radius 1 is 1.35 bits per heavy atom. The Morgan fingerprint density at radius 3 is 2.71 bits per heavy atom. The Bertz CT molecular complexity index is 539. The van der Waals surface area contributed by atoms with E-state index in [0.717, 1.165) is 11.1 Å². The number of nitrogens with one attached hydrogen (secondary N) is 2. The molecule has 2 aromatic rings. The molecule has 1 aromatic heterocycles. The van der Waals surface area contributed by atoms with Gasteiger partial charge in [0.2, 0.25) is 0 Å². The lowest BCUT2D eigenvalue weighted by atomic mass is 10.1.